The van der Waals surface area contributed by atoms with Gasteiger partial charge in [-0.2, -0.15) is 0 Å². The van der Waals surface area contributed by atoms with Crippen LogP contribution in [0.3, 0.4) is 0 Å². The average Bonchev–Trinajstić information content (AvgIpc) is 3.29. The molecule has 0 spiro atoms. The van der Waals surface area contributed by atoms with Gasteiger partial charge in [-0.15, -0.1) is 0 Å². The number of halogens is 3. The Balaban J connectivity index is 1.35. The van der Waals surface area contributed by atoms with Gasteiger partial charge in [0.05, 0.1) is 42.3 Å². The molecule has 0 bridgehead atoms. The number of nitrogens with zero attached hydrogens (tertiary/aromatic N) is 4. The third-order valence-electron chi connectivity index (χ3n) is 8.10. The molecule has 1 saturated heterocycles. The van der Waals surface area contributed by atoms with Gasteiger partial charge in [0.25, 0.3) is 5.92 Å². The van der Waals surface area contributed by atoms with E-state index in [0.717, 1.165) is 24.1 Å². The number of ether oxygens (including phenoxy) is 1. The van der Waals surface area contributed by atoms with E-state index in [-0.39, 0.29) is 19.1 Å². The van der Waals surface area contributed by atoms with E-state index in [1.54, 1.807) is 18.3 Å². The van der Waals surface area contributed by atoms with Gasteiger partial charge in [0.15, 0.2) is 0 Å². The molecular weight excluding hydrogens is 533 g/mol. The number of alkyl halides is 2. The van der Waals surface area contributed by atoms with Crippen molar-refractivity contribution in [3.8, 4) is 5.75 Å². The molecule has 6 rings (SSSR count). The monoisotopic (exact) mass is 564 g/mol. The fourth-order valence-electron chi connectivity index (χ4n) is 5.86. The summed E-state index contributed by atoms with van der Waals surface area (Å²) in [6, 6.07) is 13.9. The predicted molar refractivity (Wildman–Crippen MR) is 148 cm³/mol. The second kappa shape index (κ2) is 10.7. The predicted octanol–water partition coefficient (Wildman–Crippen LogP) is 6.32. The lowest BCUT2D eigenvalue weighted by Gasteiger charge is -2.40. The summed E-state index contributed by atoms with van der Waals surface area (Å²) in [4.78, 5) is 22.9. The minimum absolute atomic E-state index is 0.111. The largest absolute Gasteiger partial charge is 0.487 e. The van der Waals surface area contributed by atoms with Gasteiger partial charge >= 0.3 is 5.97 Å². The molecule has 1 saturated carbocycles. The minimum Gasteiger partial charge on any atom is -0.487 e. The van der Waals surface area contributed by atoms with E-state index < -0.39 is 36.7 Å². The maximum absolute atomic E-state index is 15.4. The van der Waals surface area contributed by atoms with Crippen LogP contribution in [0.5, 0.6) is 5.75 Å². The van der Waals surface area contributed by atoms with Crippen molar-refractivity contribution in [1.82, 2.24) is 14.5 Å². The van der Waals surface area contributed by atoms with Gasteiger partial charge in [-0.1, -0.05) is 25.0 Å². The van der Waals surface area contributed by atoms with E-state index in [2.05, 4.69) is 4.98 Å². The molecule has 0 radical (unpaired) electrons. The lowest BCUT2D eigenvalue weighted by atomic mass is 9.78. The van der Waals surface area contributed by atoms with Crippen molar-refractivity contribution in [2.75, 3.05) is 18.0 Å². The maximum atomic E-state index is 15.4. The number of fused-ring (bicyclic) bond motifs is 1. The number of hydrogen-bond donors (Lipinski definition) is 1. The first-order chi connectivity index (χ1) is 19.7. The maximum Gasteiger partial charge on any atom is 0.307 e. The zero-order valence-electron chi connectivity index (χ0n) is 22.7. The highest BCUT2D eigenvalue weighted by Crippen LogP contribution is 2.40. The Kier molecular flexibility index (Phi) is 7.09. The summed E-state index contributed by atoms with van der Waals surface area (Å²) in [5.74, 6) is -3.83. The van der Waals surface area contributed by atoms with Crippen LogP contribution in [-0.2, 0) is 17.9 Å². The molecule has 7 nitrogen and oxygen atoms in total. The van der Waals surface area contributed by atoms with Crippen LogP contribution in [0.25, 0.3) is 11.0 Å². The molecule has 0 amide bonds. The Morgan fingerprint density at radius 2 is 1.90 bits per heavy atom. The van der Waals surface area contributed by atoms with Crippen LogP contribution in [0.15, 0.2) is 54.7 Å². The van der Waals surface area contributed by atoms with E-state index in [9.17, 15) is 18.7 Å². The van der Waals surface area contributed by atoms with Crippen LogP contribution in [-0.4, -0.2) is 44.6 Å². The molecule has 1 unspecified atom stereocenters. The number of anilines is 1. The quantitative estimate of drug-likeness (QED) is 0.270. The molecule has 2 atom stereocenters. The molecule has 2 aromatic carbocycles. The molecule has 4 aromatic rings. The normalized spacial score (nSPS) is 20.1. The molecule has 3 heterocycles. The summed E-state index contributed by atoms with van der Waals surface area (Å²) >= 11 is 0. The van der Waals surface area contributed by atoms with E-state index in [1.165, 1.54) is 11.0 Å². The molecule has 41 heavy (non-hydrogen) atoms. The van der Waals surface area contributed by atoms with Crippen molar-refractivity contribution >= 4 is 22.7 Å². The van der Waals surface area contributed by atoms with Crippen molar-refractivity contribution in [3.05, 3.63) is 83.2 Å². The SMILES string of the molecule is Cc1ccc(COc2ccc3nc(C4CCCC[C@@H]4C(=O)O)n(Cc4ccc(N5CC(F)(F)C5)cc4F)c3c2)nc1. The van der Waals surface area contributed by atoms with Gasteiger partial charge in [-0.3, -0.25) is 9.78 Å². The average molecular weight is 565 g/mol. The number of carbonyl (C=O) groups is 1. The molecule has 214 valence electrons. The molecule has 2 fully saturated rings. The molecule has 1 aliphatic carbocycles. The van der Waals surface area contributed by atoms with Crippen molar-refractivity contribution in [2.24, 2.45) is 5.92 Å². The van der Waals surface area contributed by atoms with Crippen LogP contribution < -0.4 is 9.64 Å². The third-order valence-corrected chi connectivity index (χ3v) is 8.10. The number of aliphatic carboxylic acids is 1. The van der Waals surface area contributed by atoms with Gasteiger partial charge in [0.1, 0.15) is 24.0 Å². The number of carboxylic acid groups (broad SMARTS) is 1. The summed E-state index contributed by atoms with van der Waals surface area (Å²) in [6.07, 6.45) is 4.74. The number of pyridine rings is 1. The van der Waals surface area contributed by atoms with Crippen LogP contribution in [0.2, 0.25) is 0 Å². The number of rotatable bonds is 8. The van der Waals surface area contributed by atoms with Crippen molar-refractivity contribution < 1.29 is 27.8 Å². The number of aryl methyl sites for hydroxylation is 1. The first-order valence-corrected chi connectivity index (χ1v) is 13.9. The first-order valence-electron chi connectivity index (χ1n) is 13.9. The van der Waals surface area contributed by atoms with Crippen LogP contribution >= 0.6 is 0 Å². The molecule has 2 aliphatic rings. The topological polar surface area (TPSA) is 80.5 Å². The lowest BCUT2D eigenvalue weighted by molar-refractivity contribution is -0.143. The van der Waals surface area contributed by atoms with E-state index in [4.69, 9.17) is 9.72 Å². The van der Waals surface area contributed by atoms with E-state index in [0.29, 0.717) is 46.7 Å². The molecule has 10 heteroatoms. The first kappa shape index (κ1) is 27.1. The smallest absolute Gasteiger partial charge is 0.307 e. The fourth-order valence-corrected chi connectivity index (χ4v) is 5.86. The van der Waals surface area contributed by atoms with Gasteiger partial charge in [0, 0.05) is 29.4 Å². The van der Waals surface area contributed by atoms with Gasteiger partial charge in [-0.05, 0) is 55.7 Å². The summed E-state index contributed by atoms with van der Waals surface area (Å²) in [6.45, 7) is 1.48. The molecule has 1 N–H and O–H groups in total. The van der Waals surface area contributed by atoms with Gasteiger partial charge < -0.3 is 19.3 Å². The molecule has 2 aromatic heterocycles. The Hall–Kier alpha value is -4.08. The van der Waals surface area contributed by atoms with E-state index in [1.807, 2.05) is 41.8 Å². The van der Waals surface area contributed by atoms with Crippen molar-refractivity contribution in [3.63, 3.8) is 0 Å². The zero-order valence-corrected chi connectivity index (χ0v) is 22.7. The van der Waals surface area contributed by atoms with Crippen molar-refractivity contribution in [1.29, 1.82) is 0 Å². The standard InChI is InChI=1S/C31H31F3N4O3/c1-19-6-8-21(35-14-19)16-41-23-10-11-27-28(13-23)38(29(36-27)24-4-2-3-5-25(24)30(39)40)15-20-7-9-22(12-26(20)32)37-17-31(33,34)18-37/h6-14,24-25H,2-5,15-18H2,1H3,(H,39,40)/t24?,25-/m0/s1. The van der Waals surface area contributed by atoms with E-state index >= 15 is 4.39 Å². The van der Waals surface area contributed by atoms with Crippen LogP contribution in [0.1, 0.15) is 54.2 Å². The summed E-state index contributed by atoms with van der Waals surface area (Å²) in [5.41, 5.74) is 3.96. The highest BCUT2D eigenvalue weighted by molar-refractivity contribution is 5.79. The zero-order chi connectivity index (χ0) is 28.7. The number of carboxylic acids is 1. The Bertz CT molecular complexity index is 1580. The fraction of sp³-hybridized carbons (Fsp3) is 0.387. The minimum atomic E-state index is -2.75. The van der Waals surface area contributed by atoms with Gasteiger partial charge in [0.2, 0.25) is 0 Å². The highest BCUT2D eigenvalue weighted by atomic mass is 19.3. The molecular formula is C31H31F3N4O3. The highest BCUT2D eigenvalue weighted by Gasteiger charge is 2.44. The number of benzene rings is 2. The Morgan fingerprint density at radius 3 is 2.61 bits per heavy atom. The lowest BCUT2D eigenvalue weighted by Crippen LogP contribution is -2.56. The summed E-state index contributed by atoms with van der Waals surface area (Å²) in [5, 5.41) is 9.98. The third kappa shape index (κ3) is 5.60. The van der Waals surface area contributed by atoms with Gasteiger partial charge in [-0.25, -0.2) is 18.2 Å². The second-order valence-corrected chi connectivity index (χ2v) is 11.1. The van der Waals surface area contributed by atoms with Crippen molar-refractivity contribution in [2.45, 2.75) is 57.6 Å². The molecule has 1 aliphatic heterocycles. The van der Waals surface area contributed by atoms with Crippen LogP contribution in [0, 0.1) is 18.7 Å². The van der Waals surface area contributed by atoms with Crippen LogP contribution in [0.4, 0.5) is 18.9 Å². The Morgan fingerprint density at radius 1 is 1.10 bits per heavy atom. The number of hydrogen-bond acceptors (Lipinski definition) is 5. The Labute approximate surface area is 235 Å². The summed E-state index contributed by atoms with van der Waals surface area (Å²) < 4.78 is 50.0. The number of imidazole rings is 1. The number of aromatic nitrogens is 3. The second-order valence-electron chi connectivity index (χ2n) is 11.1. The summed E-state index contributed by atoms with van der Waals surface area (Å²) in [7, 11) is 0.